The van der Waals surface area contributed by atoms with E-state index in [0.29, 0.717) is 16.9 Å². The van der Waals surface area contributed by atoms with Gasteiger partial charge in [-0.05, 0) is 36.4 Å². The lowest BCUT2D eigenvalue weighted by Crippen LogP contribution is -2.16. The van der Waals surface area contributed by atoms with Crippen LogP contribution in [0.25, 0.3) is 0 Å². The van der Waals surface area contributed by atoms with E-state index in [4.69, 9.17) is 0 Å². The van der Waals surface area contributed by atoms with Gasteiger partial charge in [-0.3, -0.25) is 9.59 Å². The summed E-state index contributed by atoms with van der Waals surface area (Å²) < 4.78 is 0.939. The molecule has 0 aliphatic carbocycles. The monoisotopic (exact) mass is 332 g/mol. The molecule has 2 amide bonds. The highest BCUT2D eigenvalue weighted by molar-refractivity contribution is 9.10. The molecule has 0 aliphatic rings. The van der Waals surface area contributed by atoms with Gasteiger partial charge in [-0.15, -0.1) is 0 Å². The van der Waals surface area contributed by atoms with Crippen LogP contribution in [0, 0.1) is 0 Å². The van der Waals surface area contributed by atoms with Crippen LogP contribution in [0.3, 0.4) is 0 Å². The first-order valence-electron chi connectivity index (χ1n) is 6.00. The maximum atomic E-state index is 12.2. The van der Waals surface area contributed by atoms with Crippen molar-refractivity contribution < 1.29 is 9.59 Å². The van der Waals surface area contributed by atoms with Crippen LogP contribution in [0.2, 0.25) is 0 Å². The summed E-state index contributed by atoms with van der Waals surface area (Å²) in [4.78, 5) is 23.4. The summed E-state index contributed by atoms with van der Waals surface area (Å²) in [5.41, 5.74) is 1.61. The van der Waals surface area contributed by atoms with Crippen molar-refractivity contribution in [3.05, 3.63) is 58.6 Å². The second-order valence-corrected chi connectivity index (χ2v) is 5.10. The zero-order valence-electron chi connectivity index (χ0n) is 10.8. The maximum absolute atomic E-state index is 12.2. The fraction of sp³-hybridized carbons (Fsp3) is 0.0667. The van der Waals surface area contributed by atoms with Crippen LogP contribution in [-0.4, -0.2) is 11.8 Å². The molecule has 0 saturated carbocycles. The van der Waals surface area contributed by atoms with E-state index in [1.807, 2.05) is 12.1 Å². The number of amides is 2. The van der Waals surface area contributed by atoms with Crippen LogP contribution in [0.1, 0.15) is 17.3 Å². The Morgan fingerprint density at radius 2 is 1.60 bits per heavy atom. The molecule has 0 atom stereocenters. The minimum absolute atomic E-state index is 0.214. The van der Waals surface area contributed by atoms with E-state index in [2.05, 4.69) is 26.6 Å². The van der Waals surface area contributed by atoms with Crippen molar-refractivity contribution in [3.63, 3.8) is 0 Å². The van der Waals surface area contributed by atoms with E-state index < -0.39 is 0 Å². The fourth-order valence-electron chi connectivity index (χ4n) is 1.71. The number of carbonyl (C=O) groups excluding carboxylic acids is 2. The van der Waals surface area contributed by atoms with Crippen LogP contribution in [-0.2, 0) is 4.79 Å². The molecule has 2 rings (SSSR count). The van der Waals surface area contributed by atoms with E-state index in [-0.39, 0.29) is 11.8 Å². The topological polar surface area (TPSA) is 58.2 Å². The van der Waals surface area contributed by atoms with Crippen molar-refractivity contribution in [2.75, 3.05) is 10.6 Å². The van der Waals surface area contributed by atoms with Gasteiger partial charge in [-0.25, -0.2) is 0 Å². The van der Waals surface area contributed by atoms with E-state index in [1.54, 1.807) is 36.4 Å². The predicted octanol–water partition coefficient (Wildman–Crippen LogP) is 3.66. The van der Waals surface area contributed by atoms with Crippen molar-refractivity contribution >= 4 is 39.1 Å². The minimum Gasteiger partial charge on any atom is -0.326 e. The number of anilines is 2. The number of carbonyl (C=O) groups is 2. The Balaban J connectivity index is 2.20. The third kappa shape index (κ3) is 3.68. The van der Waals surface area contributed by atoms with E-state index in [9.17, 15) is 9.59 Å². The minimum atomic E-state index is -0.267. The number of halogens is 1. The average Bonchev–Trinajstić information content (AvgIpc) is 2.41. The van der Waals surface area contributed by atoms with E-state index in [0.717, 1.165) is 4.47 Å². The highest BCUT2D eigenvalue weighted by Crippen LogP contribution is 2.19. The first kappa shape index (κ1) is 14.3. The second-order valence-electron chi connectivity index (χ2n) is 4.19. The Morgan fingerprint density at radius 1 is 0.950 bits per heavy atom. The molecule has 5 heteroatoms. The molecule has 2 aromatic carbocycles. The molecule has 0 spiro atoms. The molecule has 20 heavy (non-hydrogen) atoms. The zero-order valence-corrected chi connectivity index (χ0v) is 12.4. The third-order valence-corrected chi connectivity index (χ3v) is 3.11. The first-order chi connectivity index (χ1) is 9.56. The average molecular weight is 333 g/mol. The van der Waals surface area contributed by atoms with Crippen molar-refractivity contribution in [3.8, 4) is 0 Å². The van der Waals surface area contributed by atoms with E-state index in [1.165, 1.54) is 6.92 Å². The van der Waals surface area contributed by atoms with Crippen molar-refractivity contribution in [2.45, 2.75) is 6.92 Å². The quantitative estimate of drug-likeness (QED) is 0.901. The van der Waals surface area contributed by atoms with Gasteiger partial charge in [0, 0.05) is 17.1 Å². The van der Waals surface area contributed by atoms with Crippen molar-refractivity contribution in [1.82, 2.24) is 0 Å². The molecule has 0 heterocycles. The van der Waals surface area contributed by atoms with Gasteiger partial charge >= 0.3 is 0 Å². The van der Waals surface area contributed by atoms with Crippen LogP contribution in [0.5, 0.6) is 0 Å². The Hall–Kier alpha value is -2.14. The molecule has 0 saturated heterocycles. The van der Waals surface area contributed by atoms with Crippen molar-refractivity contribution in [1.29, 1.82) is 0 Å². The molecule has 0 aliphatic heterocycles. The molecule has 102 valence electrons. The summed E-state index contributed by atoms with van der Waals surface area (Å²) in [6.07, 6.45) is 0. The summed E-state index contributed by atoms with van der Waals surface area (Å²) in [6, 6.07) is 14.2. The number of nitrogens with one attached hydrogen (secondary N) is 2. The molecule has 0 fully saturated rings. The lowest BCUT2D eigenvalue weighted by Gasteiger charge is -2.10. The summed E-state index contributed by atoms with van der Waals surface area (Å²) >= 11 is 3.34. The molecule has 2 N–H and O–H groups in total. The van der Waals surface area contributed by atoms with Crippen LogP contribution in [0.4, 0.5) is 11.4 Å². The molecule has 0 bridgehead atoms. The molecule has 2 aromatic rings. The Morgan fingerprint density at radius 3 is 2.25 bits per heavy atom. The molecular weight excluding hydrogens is 320 g/mol. The van der Waals surface area contributed by atoms with Crippen molar-refractivity contribution in [2.24, 2.45) is 0 Å². The summed E-state index contributed by atoms with van der Waals surface area (Å²) in [5.74, 6) is -0.481. The van der Waals surface area contributed by atoms with Crippen LogP contribution in [0.15, 0.2) is 53.0 Å². The van der Waals surface area contributed by atoms with Gasteiger partial charge in [0.2, 0.25) is 5.91 Å². The largest absolute Gasteiger partial charge is 0.326 e. The predicted molar refractivity (Wildman–Crippen MR) is 82.8 cm³/mol. The Bertz CT molecular complexity index is 639. The highest BCUT2D eigenvalue weighted by Gasteiger charge is 2.11. The molecule has 0 radical (unpaired) electrons. The normalized spacial score (nSPS) is 9.90. The number of para-hydroxylation sites is 1. The van der Waals surface area contributed by atoms with Crippen LogP contribution < -0.4 is 10.6 Å². The summed E-state index contributed by atoms with van der Waals surface area (Å²) in [5, 5.41) is 5.43. The van der Waals surface area contributed by atoms with Gasteiger partial charge in [-0.2, -0.15) is 0 Å². The smallest absolute Gasteiger partial charge is 0.257 e. The van der Waals surface area contributed by atoms with Crippen LogP contribution >= 0.6 is 15.9 Å². The Labute approximate surface area is 125 Å². The highest BCUT2D eigenvalue weighted by atomic mass is 79.9. The summed E-state index contributed by atoms with van der Waals surface area (Å²) in [7, 11) is 0. The van der Waals surface area contributed by atoms with E-state index >= 15 is 0 Å². The SMILES string of the molecule is CC(=O)Nc1ccccc1C(=O)Nc1ccc(Br)cc1. The number of hydrogen-bond donors (Lipinski definition) is 2. The first-order valence-corrected chi connectivity index (χ1v) is 6.79. The molecule has 0 aromatic heterocycles. The molecular formula is C15H13BrN2O2. The Kier molecular flexibility index (Phi) is 4.53. The number of benzene rings is 2. The lowest BCUT2D eigenvalue weighted by molar-refractivity contribution is -0.114. The second kappa shape index (κ2) is 6.34. The lowest BCUT2D eigenvalue weighted by atomic mass is 10.1. The molecule has 4 nitrogen and oxygen atoms in total. The van der Waals surface area contributed by atoms with Gasteiger partial charge < -0.3 is 10.6 Å². The summed E-state index contributed by atoms with van der Waals surface area (Å²) in [6.45, 7) is 1.41. The number of rotatable bonds is 3. The zero-order chi connectivity index (χ0) is 14.5. The molecule has 0 unspecified atom stereocenters. The van der Waals surface area contributed by atoms with Gasteiger partial charge in [-0.1, -0.05) is 28.1 Å². The maximum Gasteiger partial charge on any atom is 0.257 e. The fourth-order valence-corrected chi connectivity index (χ4v) is 1.98. The third-order valence-electron chi connectivity index (χ3n) is 2.58. The standard InChI is InChI=1S/C15H13BrN2O2/c1-10(19)17-14-5-3-2-4-13(14)15(20)18-12-8-6-11(16)7-9-12/h2-9H,1H3,(H,17,19)(H,18,20). The number of hydrogen-bond acceptors (Lipinski definition) is 2. The van der Waals surface area contributed by atoms with Gasteiger partial charge in [0.25, 0.3) is 5.91 Å². The van der Waals surface area contributed by atoms with Gasteiger partial charge in [0.1, 0.15) is 0 Å². The van der Waals surface area contributed by atoms with Gasteiger partial charge in [0.15, 0.2) is 0 Å². The van der Waals surface area contributed by atoms with Gasteiger partial charge in [0.05, 0.1) is 11.3 Å².